The van der Waals surface area contributed by atoms with Gasteiger partial charge in [-0.05, 0) is 42.4 Å². The number of benzene rings is 1. The van der Waals surface area contributed by atoms with Crippen LogP contribution in [-0.4, -0.2) is 12.9 Å². The van der Waals surface area contributed by atoms with Crippen molar-refractivity contribution in [1.29, 1.82) is 5.26 Å². The Kier molecular flexibility index (Phi) is 3.48. The fraction of sp³-hybridized carbons (Fsp3) is 0.529. The van der Waals surface area contributed by atoms with Gasteiger partial charge in [-0.3, -0.25) is 4.79 Å². The van der Waals surface area contributed by atoms with Gasteiger partial charge in [0, 0.05) is 5.92 Å². The van der Waals surface area contributed by atoms with Crippen LogP contribution in [0.15, 0.2) is 24.3 Å². The SMILES string of the molecule is COc1ccc(C(C#N)C(=O)C2C3CCCCC32)cc1. The topological polar surface area (TPSA) is 50.1 Å². The number of carbonyl (C=O) groups excluding carboxylic acids is 1. The fourth-order valence-electron chi connectivity index (χ4n) is 3.71. The van der Waals surface area contributed by atoms with E-state index in [9.17, 15) is 10.1 Å². The summed E-state index contributed by atoms with van der Waals surface area (Å²) in [4.78, 5) is 12.6. The number of carbonyl (C=O) groups is 1. The van der Waals surface area contributed by atoms with E-state index >= 15 is 0 Å². The van der Waals surface area contributed by atoms with Crippen LogP contribution in [0.1, 0.15) is 37.2 Å². The zero-order chi connectivity index (χ0) is 14.1. The third-order valence-corrected chi connectivity index (χ3v) is 4.85. The highest BCUT2D eigenvalue weighted by Gasteiger charge is 2.55. The molecule has 1 aromatic carbocycles. The van der Waals surface area contributed by atoms with E-state index in [1.807, 2.05) is 24.3 Å². The molecule has 0 saturated heterocycles. The summed E-state index contributed by atoms with van der Waals surface area (Å²) in [6.07, 6.45) is 4.82. The van der Waals surface area contributed by atoms with Crippen molar-refractivity contribution >= 4 is 5.78 Å². The molecule has 20 heavy (non-hydrogen) atoms. The molecule has 0 heterocycles. The van der Waals surface area contributed by atoms with E-state index in [0.29, 0.717) is 11.8 Å². The molecule has 0 amide bonds. The summed E-state index contributed by atoms with van der Waals surface area (Å²) in [5.74, 6) is 1.53. The highest BCUT2D eigenvalue weighted by molar-refractivity contribution is 5.93. The number of fused-ring (bicyclic) bond motifs is 1. The highest BCUT2D eigenvalue weighted by Crippen LogP contribution is 2.57. The number of nitrogens with zero attached hydrogens (tertiary/aromatic N) is 1. The van der Waals surface area contributed by atoms with Crippen molar-refractivity contribution in [1.82, 2.24) is 0 Å². The maximum atomic E-state index is 12.6. The van der Waals surface area contributed by atoms with Crippen molar-refractivity contribution in [3.05, 3.63) is 29.8 Å². The Balaban J connectivity index is 1.76. The molecule has 0 aromatic heterocycles. The molecule has 0 spiro atoms. The number of rotatable bonds is 4. The number of ether oxygens (including phenoxy) is 1. The fourth-order valence-corrected chi connectivity index (χ4v) is 3.71. The second-order valence-electron chi connectivity index (χ2n) is 5.88. The lowest BCUT2D eigenvalue weighted by Crippen LogP contribution is -2.14. The van der Waals surface area contributed by atoms with E-state index in [2.05, 4.69) is 6.07 Å². The molecule has 0 radical (unpaired) electrons. The number of nitriles is 1. The first-order valence-corrected chi connectivity index (χ1v) is 7.33. The van der Waals surface area contributed by atoms with Crippen LogP contribution in [0.2, 0.25) is 0 Å². The monoisotopic (exact) mass is 269 g/mol. The normalized spacial score (nSPS) is 28.9. The predicted octanol–water partition coefficient (Wildman–Crippen LogP) is 3.31. The van der Waals surface area contributed by atoms with Gasteiger partial charge in [0.05, 0.1) is 13.2 Å². The summed E-state index contributed by atoms with van der Waals surface area (Å²) in [6, 6.07) is 9.48. The van der Waals surface area contributed by atoms with Gasteiger partial charge in [-0.15, -0.1) is 0 Å². The zero-order valence-corrected chi connectivity index (χ0v) is 11.7. The number of Topliss-reactive ketones (excluding diaryl/α,β-unsaturated/α-hetero) is 1. The average Bonchev–Trinajstić information content (AvgIpc) is 3.23. The Bertz CT molecular complexity index is 531. The third kappa shape index (κ3) is 2.20. The van der Waals surface area contributed by atoms with Crippen molar-refractivity contribution in [2.75, 3.05) is 7.11 Å². The van der Waals surface area contributed by atoms with Gasteiger partial charge < -0.3 is 4.74 Å². The first-order valence-electron chi connectivity index (χ1n) is 7.33. The minimum Gasteiger partial charge on any atom is -0.497 e. The van der Waals surface area contributed by atoms with Gasteiger partial charge in [0.15, 0.2) is 5.78 Å². The Morgan fingerprint density at radius 3 is 2.35 bits per heavy atom. The smallest absolute Gasteiger partial charge is 0.158 e. The molecule has 0 aliphatic heterocycles. The third-order valence-electron chi connectivity index (χ3n) is 4.85. The summed E-state index contributed by atoms with van der Waals surface area (Å²) in [5, 5.41) is 9.38. The van der Waals surface area contributed by atoms with Crippen molar-refractivity contribution in [3.63, 3.8) is 0 Å². The van der Waals surface area contributed by atoms with E-state index in [0.717, 1.165) is 11.3 Å². The molecule has 2 aliphatic rings. The number of hydrogen-bond acceptors (Lipinski definition) is 3. The molecule has 2 saturated carbocycles. The molecule has 3 heteroatoms. The summed E-state index contributed by atoms with van der Waals surface area (Å²) in [7, 11) is 1.61. The van der Waals surface area contributed by atoms with Gasteiger partial charge in [-0.25, -0.2) is 0 Å². The van der Waals surface area contributed by atoms with E-state index in [1.54, 1.807) is 7.11 Å². The Hall–Kier alpha value is -1.82. The van der Waals surface area contributed by atoms with Crippen molar-refractivity contribution < 1.29 is 9.53 Å². The van der Waals surface area contributed by atoms with Crippen LogP contribution >= 0.6 is 0 Å². The van der Waals surface area contributed by atoms with Crippen molar-refractivity contribution in [2.45, 2.75) is 31.6 Å². The van der Waals surface area contributed by atoms with Crippen LogP contribution in [0.4, 0.5) is 0 Å². The van der Waals surface area contributed by atoms with Crippen LogP contribution in [0.25, 0.3) is 0 Å². The molecular weight excluding hydrogens is 250 g/mol. The van der Waals surface area contributed by atoms with Crippen LogP contribution in [0, 0.1) is 29.1 Å². The minimum absolute atomic E-state index is 0.134. The van der Waals surface area contributed by atoms with Crippen LogP contribution < -0.4 is 4.74 Å². The molecule has 1 aromatic rings. The van der Waals surface area contributed by atoms with Gasteiger partial charge in [-0.1, -0.05) is 25.0 Å². The molecule has 0 bridgehead atoms. The Labute approximate surface area is 119 Å². The molecule has 2 aliphatic carbocycles. The quantitative estimate of drug-likeness (QED) is 0.842. The van der Waals surface area contributed by atoms with E-state index in [1.165, 1.54) is 25.7 Å². The summed E-state index contributed by atoms with van der Waals surface area (Å²) in [5.41, 5.74) is 0.793. The minimum atomic E-state index is -0.614. The van der Waals surface area contributed by atoms with Crippen LogP contribution in [-0.2, 0) is 4.79 Å². The van der Waals surface area contributed by atoms with E-state index in [4.69, 9.17) is 4.74 Å². The predicted molar refractivity (Wildman–Crippen MR) is 75.3 cm³/mol. The average molecular weight is 269 g/mol. The molecule has 3 nitrogen and oxygen atoms in total. The van der Waals surface area contributed by atoms with Crippen molar-refractivity contribution in [3.8, 4) is 11.8 Å². The van der Waals surface area contributed by atoms with Crippen LogP contribution in [0.3, 0.4) is 0 Å². The molecule has 2 fully saturated rings. The molecule has 3 unspecified atom stereocenters. The molecular formula is C17H19NO2. The maximum absolute atomic E-state index is 12.6. The van der Waals surface area contributed by atoms with E-state index < -0.39 is 5.92 Å². The van der Waals surface area contributed by atoms with Crippen molar-refractivity contribution in [2.24, 2.45) is 17.8 Å². The first-order chi connectivity index (χ1) is 9.76. The van der Waals surface area contributed by atoms with E-state index in [-0.39, 0.29) is 11.7 Å². The highest BCUT2D eigenvalue weighted by atomic mass is 16.5. The van der Waals surface area contributed by atoms with Crippen LogP contribution in [0.5, 0.6) is 5.75 Å². The largest absolute Gasteiger partial charge is 0.497 e. The van der Waals surface area contributed by atoms with Gasteiger partial charge >= 0.3 is 0 Å². The number of methoxy groups -OCH3 is 1. The summed E-state index contributed by atoms with van der Waals surface area (Å²) in [6.45, 7) is 0. The molecule has 3 atom stereocenters. The molecule has 3 rings (SSSR count). The summed E-state index contributed by atoms with van der Waals surface area (Å²) >= 11 is 0. The lowest BCUT2D eigenvalue weighted by Gasteiger charge is -2.09. The number of ketones is 1. The van der Waals surface area contributed by atoms with Gasteiger partial charge in [0.2, 0.25) is 0 Å². The lowest BCUT2D eigenvalue weighted by molar-refractivity contribution is -0.121. The molecule has 0 N–H and O–H groups in total. The first kappa shape index (κ1) is 13.2. The maximum Gasteiger partial charge on any atom is 0.158 e. The Morgan fingerprint density at radius 1 is 1.25 bits per heavy atom. The van der Waals surface area contributed by atoms with Gasteiger partial charge in [0.1, 0.15) is 11.7 Å². The lowest BCUT2D eigenvalue weighted by atomic mass is 9.92. The second-order valence-corrected chi connectivity index (χ2v) is 5.88. The Morgan fingerprint density at radius 2 is 1.85 bits per heavy atom. The summed E-state index contributed by atoms with van der Waals surface area (Å²) < 4.78 is 5.11. The standard InChI is InChI=1S/C17H19NO2/c1-20-12-8-6-11(7-9-12)15(10-18)17(19)16-13-4-2-3-5-14(13)16/h6-9,13-16H,2-5H2,1H3. The second kappa shape index (κ2) is 5.28. The number of hydrogen-bond donors (Lipinski definition) is 0. The zero-order valence-electron chi connectivity index (χ0n) is 11.7. The van der Waals surface area contributed by atoms with Gasteiger partial charge in [-0.2, -0.15) is 5.26 Å². The molecule has 104 valence electrons. The van der Waals surface area contributed by atoms with Gasteiger partial charge in [0.25, 0.3) is 0 Å².